The third-order valence-electron chi connectivity index (χ3n) is 7.07. The number of methoxy groups -OCH3 is 2. The number of benzene rings is 2. The Labute approximate surface area is 221 Å². The predicted octanol–water partition coefficient (Wildman–Crippen LogP) is 5.32. The Kier molecular flexibility index (Phi) is 8.14. The number of nitrogens with one attached hydrogen (secondary N) is 1. The van der Waals surface area contributed by atoms with Gasteiger partial charge in [-0.1, -0.05) is 31.5 Å². The second-order valence-electron chi connectivity index (χ2n) is 9.47. The van der Waals surface area contributed by atoms with E-state index >= 15 is 0 Å². The number of nitro groups is 1. The number of rotatable bonds is 9. The van der Waals surface area contributed by atoms with E-state index in [1.54, 1.807) is 33.3 Å². The number of hydrogen-bond donors (Lipinski definition) is 1. The largest absolute Gasteiger partial charge is 0.493 e. The minimum absolute atomic E-state index is 0.106. The fourth-order valence-corrected chi connectivity index (χ4v) is 5.19. The molecule has 2 aromatic carbocycles. The molecule has 0 amide bonds. The van der Waals surface area contributed by atoms with Crippen LogP contribution in [-0.2, 0) is 14.3 Å². The molecule has 9 nitrogen and oxygen atoms in total. The minimum atomic E-state index is -0.765. The summed E-state index contributed by atoms with van der Waals surface area (Å²) in [5, 5.41) is 14.8. The number of non-ortho nitro benzene ring substituents is 1. The smallest absolute Gasteiger partial charge is 0.336 e. The summed E-state index contributed by atoms with van der Waals surface area (Å²) in [5.74, 6) is -0.353. The molecule has 0 spiro atoms. The highest BCUT2D eigenvalue weighted by Gasteiger charge is 2.42. The number of esters is 1. The molecule has 9 heteroatoms. The second-order valence-corrected chi connectivity index (χ2v) is 9.47. The molecule has 1 aliphatic carbocycles. The number of carbonyl (C=O) groups is 2. The first kappa shape index (κ1) is 26.9. The first-order valence-corrected chi connectivity index (χ1v) is 12.7. The zero-order valence-electron chi connectivity index (χ0n) is 22.0. The number of unbranched alkanes of at least 4 members (excludes halogenated alkanes) is 1. The van der Waals surface area contributed by atoms with Crippen LogP contribution in [0.1, 0.15) is 62.5 Å². The molecule has 4 rings (SSSR count). The van der Waals surface area contributed by atoms with Gasteiger partial charge >= 0.3 is 5.97 Å². The first-order valence-electron chi connectivity index (χ1n) is 12.7. The van der Waals surface area contributed by atoms with Crippen molar-refractivity contribution in [3.8, 4) is 11.5 Å². The number of hydrogen-bond acceptors (Lipinski definition) is 8. The molecule has 0 unspecified atom stereocenters. The molecule has 0 saturated heterocycles. The zero-order valence-corrected chi connectivity index (χ0v) is 22.0. The van der Waals surface area contributed by atoms with Gasteiger partial charge in [0, 0.05) is 41.4 Å². The molecule has 2 aliphatic rings. The van der Waals surface area contributed by atoms with Crippen molar-refractivity contribution < 1.29 is 28.7 Å². The van der Waals surface area contributed by atoms with Gasteiger partial charge in [-0.2, -0.15) is 0 Å². The highest BCUT2D eigenvalue weighted by Crippen LogP contribution is 2.47. The lowest BCUT2D eigenvalue weighted by Crippen LogP contribution is -2.36. The van der Waals surface area contributed by atoms with Crippen molar-refractivity contribution in [2.24, 2.45) is 0 Å². The molecule has 0 bridgehead atoms. The minimum Gasteiger partial charge on any atom is -0.493 e. The Morgan fingerprint density at radius 3 is 2.53 bits per heavy atom. The van der Waals surface area contributed by atoms with Crippen molar-refractivity contribution in [3.05, 3.63) is 86.2 Å². The van der Waals surface area contributed by atoms with E-state index in [0.717, 1.165) is 12.0 Å². The lowest BCUT2D eigenvalue weighted by Gasteiger charge is -2.36. The van der Waals surface area contributed by atoms with Gasteiger partial charge in [0.1, 0.15) is 0 Å². The molecule has 2 aromatic rings. The summed E-state index contributed by atoms with van der Waals surface area (Å²) in [6.07, 6.45) is 2.33. The van der Waals surface area contributed by atoms with Crippen molar-refractivity contribution in [3.63, 3.8) is 0 Å². The lowest BCUT2D eigenvalue weighted by molar-refractivity contribution is -0.384. The van der Waals surface area contributed by atoms with E-state index in [-0.39, 0.29) is 30.4 Å². The van der Waals surface area contributed by atoms with E-state index in [9.17, 15) is 19.7 Å². The van der Waals surface area contributed by atoms with Crippen LogP contribution >= 0.6 is 0 Å². The number of ketones is 1. The number of nitro benzene ring substituents is 1. The normalized spacial score (nSPS) is 19.0. The number of nitrogens with zero attached hydrogens (tertiary/aromatic N) is 1. The Hall–Kier alpha value is -4.14. The number of dihydropyridines is 1. The quantitative estimate of drug-likeness (QED) is 0.204. The van der Waals surface area contributed by atoms with E-state index in [1.807, 2.05) is 25.1 Å². The van der Waals surface area contributed by atoms with E-state index in [0.29, 0.717) is 52.4 Å². The molecular formula is C29H32N2O7. The van der Waals surface area contributed by atoms with E-state index in [1.165, 1.54) is 12.1 Å². The molecule has 1 aliphatic heterocycles. The molecule has 0 fully saturated rings. The molecule has 200 valence electrons. The van der Waals surface area contributed by atoms with Crippen molar-refractivity contribution in [1.29, 1.82) is 0 Å². The van der Waals surface area contributed by atoms with Gasteiger partial charge < -0.3 is 19.5 Å². The molecule has 0 radical (unpaired) electrons. The van der Waals surface area contributed by atoms with Crippen molar-refractivity contribution >= 4 is 17.4 Å². The summed E-state index contributed by atoms with van der Waals surface area (Å²) in [5.41, 5.74) is 3.37. The van der Waals surface area contributed by atoms with Crippen LogP contribution in [0.15, 0.2) is 65.0 Å². The average molecular weight is 521 g/mol. The number of ether oxygens (including phenoxy) is 3. The molecule has 0 aromatic heterocycles. The van der Waals surface area contributed by atoms with E-state index in [4.69, 9.17) is 14.2 Å². The Morgan fingerprint density at radius 1 is 1.08 bits per heavy atom. The second kappa shape index (κ2) is 11.5. The van der Waals surface area contributed by atoms with Gasteiger partial charge in [-0.25, -0.2) is 4.79 Å². The standard InChI is InChI=1S/C29H32N2O7/c1-5-6-12-38-29(33)26-17(2)30-22-14-20(18-10-11-24(36-3)25(16-18)37-4)15-23(32)28(22)27(26)19-8-7-9-21(13-19)31(34)35/h7-11,13,16,20,27,30H,5-6,12,14-15H2,1-4H3/t20-,27+/m1/s1. The topological polar surface area (TPSA) is 117 Å². The maximum Gasteiger partial charge on any atom is 0.336 e. The van der Waals surface area contributed by atoms with Gasteiger partial charge in [-0.05, 0) is 48.9 Å². The summed E-state index contributed by atoms with van der Waals surface area (Å²) in [6, 6.07) is 11.7. The SMILES string of the molecule is CCCCOC(=O)C1=C(C)NC2=C(C(=O)C[C@H](c3ccc(OC)c(OC)c3)C2)[C@H]1c1cccc([N+](=O)[O-])c1. The predicted molar refractivity (Wildman–Crippen MR) is 141 cm³/mol. The third-order valence-corrected chi connectivity index (χ3v) is 7.07. The highest BCUT2D eigenvalue weighted by atomic mass is 16.6. The van der Waals surface area contributed by atoms with Gasteiger partial charge in [-0.15, -0.1) is 0 Å². The van der Waals surface area contributed by atoms with Gasteiger partial charge in [0.2, 0.25) is 0 Å². The third kappa shape index (κ3) is 5.27. The van der Waals surface area contributed by atoms with Crippen LogP contribution in [0.3, 0.4) is 0 Å². The first-order chi connectivity index (χ1) is 18.3. The fourth-order valence-electron chi connectivity index (χ4n) is 5.19. The molecular weight excluding hydrogens is 488 g/mol. The highest BCUT2D eigenvalue weighted by molar-refractivity contribution is 6.04. The summed E-state index contributed by atoms with van der Waals surface area (Å²) in [4.78, 5) is 38.1. The number of carbonyl (C=O) groups excluding carboxylic acids is 2. The van der Waals surface area contributed by atoms with Crippen LogP contribution in [0.5, 0.6) is 11.5 Å². The Morgan fingerprint density at radius 2 is 1.84 bits per heavy atom. The van der Waals surface area contributed by atoms with Crippen LogP contribution in [0.2, 0.25) is 0 Å². The Bertz CT molecular complexity index is 1330. The summed E-state index contributed by atoms with van der Waals surface area (Å²) in [7, 11) is 3.13. The molecule has 2 atom stereocenters. The fraction of sp³-hybridized carbons (Fsp3) is 0.379. The number of Topliss-reactive ketones (excluding diaryl/α,β-unsaturated/α-hetero) is 1. The van der Waals surface area contributed by atoms with Crippen molar-refractivity contribution in [1.82, 2.24) is 5.32 Å². The van der Waals surface area contributed by atoms with Crippen LogP contribution < -0.4 is 14.8 Å². The molecule has 1 N–H and O–H groups in total. The van der Waals surface area contributed by atoms with Gasteiger partial charge in [0.05, 0.1) is 31.3 Å². The molecule has 1 heterocycles. The monoisotopic (exact) mass is 520 g/mol. The lowest BCUT2D eigenvalue weighted by atomic mass is 9.71. The van der Waals surface area contributed by atoms with E-state index in [2.05, 4.69) is 5.32 Å². The summed E-state index contributed by atoms with van der Waals surface area (Å²) in [6.45, 7) is 4.03. The average Bonchev–Trinajstić information content (AvgIpc) is 2.91. The van der Waals surface area contributed by atoms with Crippen LogP contribution in [-0.4, -0.2) is 37.5 Å². The van der Waals surface area contributed by atoms with Crippen LogP contribution in [0.25, 0.3) is 0 Å². The van der Waals surface area contributed by atoms with Crippen molar-refractivity contribution in [2.45, 2.75) is 51.4 Å². The summed E-state index contributed by atoms with van der Waals surface area (Å²) >= 11 is 0. The van der Waals surface area contributed by atoms with Crippen LogP contribution in [0, 0.1) is 10.1 Å². The van der Waals surface area contributed by atoms with E-state index < -0.39 is 16.8 Å². The number of allylic oxidation sites excluding steroid dienone is 3. The zero-order chi connectivity index (χ0) is 27.4. The maximum atomic E-state index is 13.8. The van der Waals surface area contributed by atoms with Gasteiger partial charge in [0.25, 0.3) is 5.69 Å². The molecule has 38 heavy (non-hydrogen) atoms. The van der Waals surface area contributed by atoms with Crippen LogP contribution in [0.4, 0.5) is 5.69 Å². The Balaban J connectivity index is 1.77. The summed E-state index contributed by atoms with van der Waals surface area (Å²) < 4.78 is 16.3. The maximum absolute atomic E-state index is 13.8. The van der Waals surface area contributed by atoms with Gasteiger partial charge in [0.15, 0.2) is 17.3 Å². The molecule has 0 saturated carbocycles. The van der Waals surface area contributed by atoms with Crippen molar-refractivity contribution in [2.75, 3.05) is 20.8 Å². The van der Waals surface area contributed by atoms with Gasteiger partial charge in [-0.3, -0.25) is 14.9 Å².